The maximum atomic E-state index is 5.62. The van der Waals surface area contributed by atoms with E-state index in [9.17, 15) is 0 Å². The summed E-state index contributed by atoms with van der Waals surface area (Å²) in [4.78, 5) is 6.85. The predicted molar refractivity (Wildman–Crippen MR) is 76.4 cm³/mol. The van der Waals surface area contributed by atoms with Crippen LogP contribution in [0.2, 0.25) is 0 Å². The lowest BCUT2D eigenvalue weighted by molar-refractivity contribution is 0.316. The van der Waals surface area contributed by atoms with Crippen LogP contribution in [0.3, 0.4) is 0 Å². The number of thiocarbonyl (C=S) groups is 1. The number of hydrogen-bond acceptors (Lipinski definition) is 4. The monoisotopic (exact) mass is 252 g/mol. The van der Waals surface area contributed by atoms with E-state index in [-0.39, 0.29) is 0 Å². The molecule has 0 aromatic carbocycles. The average Bonchev–Trinajstić information content (AvgIpc) is 2.35. The van der Waals surface area contributed by atoms with E-state index in [1.807, 2.05) is 12.1 Å². The fraction of sp³-hybridized carbons (Fsp3) is 0.500. The van der Waals surface area contributed by atoms with Gasteiger partial charge in [-0.2, -0.15) is 0 Å². The van der Waals surface area contributed by atoms with Crippen LogP contribution in [-0.2, 0) is 0 Å². The zero-order valence-electron chi connectivity index (χ0n) is 10.4. The molecule has 1 rings (SSSR count). The minimum Gasteiger partial charge on any atom is -0.388 e. The van der Waals surface area contributed by atoms with Crippen LogP contribution in [0.5, 0.6) is 0 Å². The second-order valence-electron chi connectivity index (χ2n) is 3.72. The van der Waals surface area contributed by atoms with E-state index in [1.54, 1.807) is 6.20 Å². The maximum Gasteiger partial charge on any atom is 0.124 e. The molecule has 1 aromatic rings. The minimum atomic E-state index is 0.330. The van der Waals surface area contributed by atoms with E-state index in [1.165, 1.54) is 0 Å². The molecule has 0 spiro atoms. The molecule has 3 N–H and O–H groups in total. The van der Waals surface area contributed by atoms with Gasteiger partial charge in [-0.1, -0.05) is 26.1 Å². The van der Waals surface area contributed by atoms with Crippen LogP contribution >= 0.6 is 12.2 Å². The number of hydrogen-bond donors (Lipinski definition) is 2. The fourth-order valence-electron chi connectivity index (χ4n) is 1.63. The Morgan fingerprint density at radius 1 is 1.47 bits per heavy atom. The third-order valence-corrected chi connectivity index (χ3v) is 2.87. The number of anilines is 1. The van der Waals surface area contributed by atoms with E-state index in [4.69, 9.17) is 18.0 Å². The van der Waals surface area contributed by atoms with Gasteiger partial charge in [-0.05, 0) is 25.2 Å². The molecule has 5 heteroatoms. The zero-order chi connectivity index (χ0) is 12.7. The molecule has 0 aliphatic rings. The van der Waals surface area contributed by atoms with Crippen molar-refractivity contribution in [1.29, 1.82) is 0 Å². The number of nitrogens with zero attached hydrogens (tertiary/aromatic N) is 2. The smallest absolute Gasteiger partial charge is 0.124 e. The highest BCUT2D eigenvalue weighted by atomic mass is 32.1. The molecule has 0 bridgehead atoms. The molecule has 17 heavy (non-hydrogen) atoms. The highest BCUT2D eigenvalue weighted by Crippen LogP contribution is 2.11. The van der Waals surface area contributed by atoms with Crippen molar-refractivity contribution in [2.24, 2.45) is 5.73 Å². The van der Waals surface area contributed by atoms with E-state index in [2.05, 4.69) is 29.0 Å². The summed E-state index contributed by atoms with van der Waals surface area (Å²) < 4.78 is 0. The fourth-order valence-corrected chi connectivity index (χ4v) is 1.80. The first-order valence-electron chi connectivity index (χ1n) is 5.90. The van der Waals surface area contributed by atoms with Crippen LogP contribution in [0.4, 0.5) is 5.69 Å². The molecule has 0 aliphatic carbocycles. The van der Waals surface area contributed by atoms with Crippen LogP contribution in [0.25, 0.3) is 0 Å². The summed E-state index contributed by atoms with van der Waals surface area (Å²) in [7, 11) is 0. The normalized spacial score (nSPS) is 10.5. The van der Waals surface area contributed by atoms with Crippen molar-refractivity contribution >= 4 is 22.9 Å². The topological polar surface area (TPSA) is 54.2 Å². The van der Waals surface area contributed by atoms with E-state index in [0.717, 1.165) is 31.9 Å². The van der Waals surface area contributed by atoms with Crippen LogP contribution < -0.4 is 11.1 Å². The molecule has 0 atom stereocenters. The predicted octanol–water partition coefficient (Wildman–Crippen LogP) is 1.47. The highest BCUT2D eigenvalue weighted by Gasteiger charge is 2.05. The van der Waals surface area contributed by atoms with Crippen LogP contribution in [0, 0.1) is 0 Å². The van der Waals surface area contributed by atoms with Crippen molar-refractivity contribution in [3.63, 3.8) is 0 Å². The Bertz CT molecular complexity index is 363. The van der Waals surface area contributed by atoms with Crippen molar-refractivity contribution in [3.8, 4) is 0 Å². The van der Waals surface area contributed by atoms with Gasteiger partial charge in [-0.25, -0.2) is 0 Å². The molecule has 4 nitrogen and oxygen atoms in total. The zero-order valence-corrected chi connectivity index (χ0v) is 11.3. The third kappa shape index (κ3) is 4.28. The first kappa shape index (κ1) is 13.9. The van der Waals surface area contributed by atoms with Crippen LogP contribution in [0.1, 0.15) is 19.5 Å². The largest absolute Gasteiger partial charge is 0.388 e. The minimum absolute atomic E-state index is 0.330. The number of aromatic nitrogens is 1. The number of nitrogens with two attached hydrogens (primary N) is 1. The van der Waals surface area contributed by atoms with E-state index < -0.39 is 0 Å². The Morgan fingerprint density at radius 2 is 2.18 bits per heavy atom. The number of rotatable bonds is 7. The van der Waals surface area contributed by atoms with Gasteiger partial charge in [-0.3, -0.25) is 4.98 Å². The summed E-state index contributed by atoms with van der Waals surface area (Å²) in [6, 6.07) is 3.82. The molecule has 0 saturated carbocycles. The van der Waals surface area contributed by atoms with Gasteiger partial charge in [0, 0.05) is 19.3 Å². The van der Waals surface area contributed by atoms with Crippen molar-refractivity contribution in [3.05, 3.63) is 24.0 Å². The van der Waals surface area contributed by atoms with Gasteiger partial charge < -0.3 is 16.0 Å². The van der Waals surface area contributed by atoms with Crippen LogP contribution in [-0.4, -0.2) is 41.1 Å². The van der Waals surface area contributed by atoms with Gasteiger partial charge >= 0.3 is 0 Å². The van der Waals surface area contributed by atoms with Crippen molar-refractivity contribution in [2.45, 2.75) is 13.8 Å². The maximum absolute atomic E-state index is 5.62. The quantitative estimate of drug-likeness (QED) is 0.720. The lowest BCUT2D eigenvalue weighted by atomic mass is 10.3. The van der Waals surface area contributed by atoms with Crippen molar-refractivity contribution in [2.75, 3.05) is 31.5 Å². The summed E-state index contributed by atoms with van der Waals surface area (Å²) in [6.45, 7) is 8.31. The van der Waals surface area contributed by atoms with Crippen molar-refractivity contribution in [1.82, 2.24) is 9.88 Å². The Morgan fingerprint density at radius 3 is 2.76 bits per heavy atom. The average molecular weight is 252 g/mol. The van der Waals surface area contributed by atoms with Crippen molar-refractivity contribution < 1.29 is 0 Å². The third-order valence-electron chi connectivity index (χ3n) is 2.68. The number of likely N-dealkylation sites (N-methyl/N-ethyl adjacent to an activating group) is 1. The number of pyridine rings is 1. The van der Waals surface area contributed by atoms with Gasteiger partial charge in [-0.15, -0.1) is 0 Å². The Balaban J connectivity index is 2.54. The molecule has 1 heterocycles. The summed E-state index contributed by atoms with van der Waals surface area (Å²) in [5.74, 6) is 0. The molecule has 0 fully saturated rings. The van der Waals surface area contributed by atoms with Gasteiger partial charge in [0.15, 0.2) is 0 Å². The molecule has 0 aliphatic heterocycles. The Hall–Kier alpha value is -1.20. The number of nitrogens with one attached hydrogen (secondary N) is 1. The van der Waals surface area contributed by atoms with Gasteiger partial charge in [0.1, 0.15) is 10.7 Å². The molecule has 1 aromatic heterocycles. The molecule has 94 valence electrons. The first-order chi connectivity index (χ1) is 8.19. The Kier molecular flexibility index (Phi) is 5.86. The molecular formula is C12H20N4S. The van der Waals surface area contributed by atoms with Gasteiger partial charge in [0.25, 0.3) is 0 Å². The SMILES string of the molecule is CCN(CC)CCNc1cccnc1C(N)=S. The summed E-state index contributed by atoms with van der Waals surface area (Å²) >= 11 is 4.96. The molecule has 0 saturated heterocycles. The second kappa shape index (κ2) is 7.19. The summed E-state index contributed by atoms with van der Waals surface area (Å²) in [5.41, 5.74) is 7.19. The molecule has 0 unspecified atom stereocenters. The molecule has 0 amide bonds. The summed E-state index contributed by atoms with van der Waals surface area (Å²) in [5, 5.41) is 3.32. The first-order valence-corrected chi connectivity index (χ1v) is 6.30. The van der Waals surface area contributed by atoms with Gasteiger partial charge in [0.05, 0.1) is 5.69 Å². The lowest BCUT2D eigenvalue weighted by Crippen LogP contribution is -2.29. The molecule has 0 radical (unpaired) electrons. The molecular weight excluding hydrogens is 232 g/mol. The second-order valence-corrected chi connectivity index (χ2v) is 4.16. The lowest BCUT2D eigenvalue weighted by Gasteiger charge is -2.19. The highest BCUT2D eigenvalue weighted by molar-refractivity contribution is 7.80. The standard InChI is InChI=1S/C12H20N4S/c1-3-16(4-2)9-8-14-10-6-5-7-15-11(10)12(13)17/h5-7,14H,3-4,8-9H2,1-2H3,(H2,13,17). The van der Waals surface area contributed by atoms with E-state index >= 15 is 0 Å². The Labute approximate surface area is 108 Å². The van der Waals surface area contributed by atoms with Gasteiger partial charge in [0.2, 0.25) is 0 Å². The van der Waals surface area contributed by atoms with Crippen LogP contribution in [0.15, 0.2) is 18.3 Å². The van der Waals surface area contributed by atoms with E-state index in [0.29, 0.717) is 10.7 Å². The summed E-state index contributed by atoms with van der Waals surface area (Å²) in [6.07, 6.45) is 1.70.